The second kappa shape index (κ2) is 5.59. The fraction of sp³-hybridized carbons (Fsp3) is 0.571. The summed E-state index contributed by atoms with van der Waals surface area (Å²) in [5, 5.41) is 12.5. The number of nitrogens with one attached hydrogen (secondary N) is 1. The molecule has 0 aromatic heterocycles. The van der Waals surface area contributed by atoms with Crippen LogP contribution >= 0.6 is 11.8 Å². The standard InChI is InChI=1S/C14H20FNOS/c1-3-16-10(2)14(15,9-17)12-5-4-11-6-7-18-13(11)8-12/h4-5,8,10,16-17H,3,6-7,9H2,1-2H3. The molecule has 2 nitrogen and oxygen atoms in total. The summed E-state index contributed by atoms with van der Waals surface area (Å²) in [6.07, 6.45) is 1.06. The van der Waals surface area contributed by atoms with Crippen molar-refractivity contribution in [1.82, 2.24) is 5.32 Å². The van der Waals surface area contributed by atoms with Gasteiger partial charge >= 0.3 is 0 Å². The largest absolute Gasteiger partial charge is 0.393 e. The summed E-state index contributed by atoms with van der Waals surface area (Å²) in [7, 11) is 0. The highest BCUT2D eigenvalue weighted by molar-refractivity contribution is 7.99. The van der Waals surface area contributed by atoms with E-state index in [9.17, 15) is 9.50 Å². The molecule has 0 spiro atoms. The topological polar surface area (TPSA) is 32.3 Å². The Morgan fingerprint density at radius 3 is 3.00 bits per heavy atom. The smallest absolute Gasteiger partial charge is 0.173 e. The maximum Gasteiger partial charge on any atom is 0.173 e. The molecule has 1 heterocycles. The highest BCUT2D eigenvalue weighted by Gasteiger charge is 2.38. The Morgan fingerprint density at radius 2 is 2.33 bits per heavy atom. The molecule has 18 heavy (non-hydrogen) atoms. The molecule has 0 fully saturated rings. The molecule has 1 aliphatic heterocycles. The van der Waals surface area contributed by atoms with E-state index in [4.69, 9.17) is 0 Å². The lowest BCUT2D eigenvalue weighted by Crippen LogP contribution is -2.46. The third-order valence-electron chi connectivity index (χ3n) is 3.60. The number of hydrogen-bond acceptors (Lipinski definition) is 3. The predicted molar refractivity (Wildman–Crippen MR) is 73.9 cm³/mol. The number of aliphatic hydroxyl groups excluding tert-OH is 1. The monoisotopic (exact) mass is 269 g/mol. The minimum absolute atomic E-state index is 0.406. The highest BCUT2D eigenvalue weighted by atomic mass is 32.2. The van der Waals surface area contributed by atoms with Crippen molar-refractivity contribution in [2.24, 2.45) is 0 Å². The van der Waals surface area contributed by atoms with E-state index >= 15 is 0 Å². The van der Waals surface area contributed by atoms with Crippen LogP contribution in [0.25, 0.3) is 0 Å². The predicted octanol–water partition coefficient (Wildman–Crippen LogP) is 2.49. The molecule has 0 saturated carbocycles. The molecule has 0 bridgehead atoms. The van der Waals surface area contributed by atoms with Gasteiger partial charge in [-0.05, 0) is 37.1 Å². The van der Waals surface area contributed by atoms with Gasteiger partial charge in [0, 0.05) is 16.7 Å². The molecule has 0 amide bonds. The van der Waals surface area contributed by atoms with Gasteiger partial charge in [0.2, 0.25) is 0 Å². The zero-order valence-electron chi connectivity index (χ0n) is 10.9. The Labute approximate surface area is 112 Å². The van der Waals surface area contributed by atoms with Gasteiger partial charge in [0.1, 0.15) is 0 Å². The number of likely N-dealkylation sites (N-methyl/N-ethyl adjacent to an activating group) is 1. The van der Waals surface area contributed by atoms with Crippen molar-refractivity contribution in [2.75, 3.05) is 18.9 Å². The number of halogens is 1. The Bertz CT molecular complexity index is 426. The summed E-state index contributed by atoms with van der Waals surface area (Å²) in [4.78, 5) is 1.16. The second-order valence-electron chi connectivity index (χ2n) is 4.72. The minimum Gasteiger partial charge on any atom is -0.393 e. The molecule has 1 aliphatic rings. The van der Waals surface area contributed by atoms with E-state index < -0.39 is 18.3 Å². The van der Waals surface area contributed by atoms with E-state index in [1.54, 1.807) is 18.7 Å². The van der Waals surface area contributed by atoms with Crippen LogP contribution in [0.15, 0.2) is 23.1 Å². The number of benzene rings is 1. The van der Waals surface area contributed by atoms with Crippen LogP contribution in [0, 0.1) is 0 Å². The third-order valence-corrected chi connectivity index (χ3v) is 4.70. The molecule has 0 saturated heterocycles. The van der Waals surface area contributed by atoms with Crippen molar-refractivity contribution in [3.63, 3.8) is 0 Å². The average Bonchev–Trinajstić information content (AvgIpc) is 2.85. The number of aryl methyl sites for hydroxylation is 1. The second-order valence-corrected chi connectivity index (χ2v) is 5.86. The molecule has 2 rings (SSSR count). The summed E-state index contributed by atoms with van der Waals surface area (Å²) in [6.45, 7) is 3.91. The number of alkyl halides is 1. The van der Waals surface area contributed by atoms with Crippen molar-refractivity contribution >= 4 is 11.8 Å². The Balaban J connectivity index is 2.32. The van der Waals surface area contributed by atoms with E-state index in [0.29, 0.717) is 12.1 Å². The van der Waals surface area contributed by atoms with Gasteiger partial charge in [0.15, 0.2) is 5.67 Å². The lowest BCUT2D eigenvalue weighted by molar-refractivity contribution is 0.0368. The Hall–Kier alpha value is -0.580. The molecule has 1 aromatic rings. The number of fused-ring (bicyclic) bond motifs is 1. The molecule has 2 N–H and O–H groups in total. The highest BCUT2D eigenvalue weighted by Crippen LogP contribution is 2.37. The van der Waals surface area contributed by atoms with Gasteiger partial charge in [-0.15, -0.1) is 11.8 Å². The summed E-state index contributed by atoms with van der Waals surface area (Å²) < 4.78 is 15.0. The first kappa shape index (κ1) is 13.8. The number of rotatable bonds is 5. The van der Waals surface area contributed by atoms with Gasteiger partial charge in [0.25, 0.3) is 0 Å². The molecule has 0 aliphatic carbocycles. The molecule has 1 aromatic carbocycles. The molecule has 2 atom stereocenters. The molecule has 4 heteroatoms. The quantitative estimate of drug-likeness (QED) is 0.861. The first-order valence-electron chi connectivity index (χ1n) is 6.41. The van der Waals surface area contributed by atoms with Gasteiger partial charge in [-0.3, -0.25) is 0 Å². The first-order chi connectivity index (χ1) is 8.61. The number of hydrogen-bond donors (Lipinski definition) is 2. The van der Waals surface area contributed by atoms with Crippen molar-refractivity contribution < 1.29 is 9.50 Å². The fourth-order valence-electron chi connectivity index (χ4n) is 2.37. The minimum atomic E-state index is -1.71. The maximum absolute atomic E-state index is 15.0. The molecular formula is C14H20FNOS. The van der Waals surface area contributed by atoms with E-state index in [-0.39, 0.29) is 0 Å². The lowest BCUT2D eigenvalue weighted by Gasteiger charge is -2.31. The third kappa shape index (κ3) is 2.42. The van der Waals surface area contributed by atoms with Gasteiger partial charge in [-0.25, -0.2) is 4.39 Å². The maximum atomic E-state index is 15.0. The molecule has 2 unspecified atom stereocenters. The van der Waals surface area contributed by atoms with Crippen LogP contribution in [0.4, 0.5) is 4.39 Å². The average molecular weight is 269 g/mol. The van der Waals surface area contributed by atoms with Crippen LogP contribution in [0.2, 0.25) is 0 Å². The van der Waals surface area contributed by atoms with Gasteiger partial charge < -0.3 is 10.4 Å². The van der Waals surface area contributed by atoms with Crippen LogP contribution in [0.5, 0.6) is 0 Å². The number of thioether (sulfide) groups is 1. The van der Waals surface area contributed by atoms with Gasteiger partial charge in [-0.1, -0.05) is 19.1 Å². The van der Waals surface area contributed by atoms with E-state index in [1.165, 1.54) is 5.56 Å². The van der Waals surface area contributed by atoms with Gasteiger partial charge in [-0.2, -0.15) is 0 Å². The lowest BCUT2D eigenvalue weighted by atomic mass is 9.89. The summed E-state index contributed by atoms with van der Waals surface area (Å²) in [5.74, 6) is 1.07. The van der Waals surface area contributed by atoms with E-state index in [0.717, 1.165) is 17.1 Å². The summed E-state index contributed by atoms with van der Waals surface area (Å²) >= 11 is 1.76. The normalized spacial score (nSPS) is 19.3. The molecule has 0 radical (unpaired) electrons. The fourth-order valence-corrected chi connectivity index (χ4v) is 3.48. The van der Waals surface area contributed by atoms with Crippen LogP contribution in [-0.2, 0) is 12.1 Å². The van der Waals surface area contributed by atoms with Crippen molar-refractivity contribution in [3.8, 4) is 0 Å². The number of aliphatic hydroxyl groups is 1. The van der Waals surface area contributed by atoms with Crippen molar-refractivity contribution in [1.29, 1.82) is 0 Å². The van der Waals surface area contributed by atoms with Gasteiger partial charge in [0.05, 0.1) is 6.61 Å². The van der Waals surface area contributed by atoms with Crippen molar-refractivity contribution in [3.05, 3.63) is 29.3 Å². The van der Waals surface area contributed by atoms with E-state index in [2.05, 4.69) is 5.32 Å². The molecular weight excluding hydrogens is 249 g/mol. The van der Waals surface area contributed by atoms with Crippen LogP contribution in [0.3, 0.4) is 0 Å². The zero-order valence-corrected chi connectivity index (χ0v) is 11.7. The first-order valence-corrected chi connectivity index (χ1v) is 7.39. The van der Waals surface area contributed by atoms with Crippen LogP contribution in [-0.4, -0.2) is 30.1 Å². The van der Waals surface area contributed by atoms with Crippen LogP contribution in [0.1, 0.15) is 25.0 Å². The van der Waals surface area contributed by atoms with E-state index in [1.807, 2.05) is 25.1 Å². The summed E-state index contributed by atoms with van der Waals surface area (Å²) in [5.41, 5.74) is 0.153. The van der Waals surface area contributed by atoms with Crippen molar-refractivity contribution in [2.45, 2.75) is 36.9 Å². The SMILES string of the molecule is CCNC(C)C(F)(CO)c1ccc2c(c1)SCC2. The summed E-state index contributed by atoms with van der Waals surface area (Å²) in [6, 6.07) is 5.30. The Morgan fingerprint density at radius 1 is 1.56 bits per heavy atom. The van der Waals surface area contributed by atoms with Crippen LogP contribution < -0.4 is 5.32 Å². The Kier molecular flexibility index (Phi) is 4.30. The molecule has 100 valence electrons. The zero-order chi connectivity index (χ0) is 13.2.